The van der Waals surface area contributed by atoms with E-state index in [-0.39, 0.29) is 18.1 Å². The van der Waals surface area contributed by atoms with Crippen molar-refractivity contribution in [1.29, 1.82) is 0 Å². The molecule has 2 heterocycles. The normalized spacial score (nSPS) is 29.9. The molecule has 1 amide bonds. The average Bonchev–Trinajstić information content (AvgIpc) is 3.45. The van der Waals surface area contributed by atoms with Gasteiger partial charge in [-0.2, -0.15) is 4.39 Å². The Morgan fingerprint density at radius 2 is 1.78 bits per heavy atom. The van der Waals surface area contributed by atoms with Crippen LogP contribution < -0.4 is 10.0 Å². The first kappa shape index (κ1) is 18.8. The van der Waals surface area contributed by atoms with Crippen LogP contribution in [0, 0.1) is 11.8 Å². The molecule has 27 heavy (non-hydrogen) atoms. The van der Waals surface area contributed by atoms with Crippen molar-refractivity contribution in [1.82, 2.24) is 10.0 Å². The van der Waals surface area contributed by atoms with Crippen molar-refractivity contribution < 1.29 is 22.3 Å². The lowest BCUT2D eigenvalue weighted by atomic mass is 9.93. The van der Waals surface area contributed by atoms with Gasteiger partial charge >= 0.3 is 5.19 Å². The van der Waals surface area contributed by atoms with Gasteiger partial charge in [0.05, 0.1) is 6.61 Å². The molecule has 148 valence electrons. The Kier molecular flexibility index (Phi) is 4.98. The summed E-state index contributed by atoms with van der Waals surface area (Å²) >= 11 is 0. The van der Waals surface area contributed by atoms with Gasteiger partial charge in [-0.1, -0.05) is 18.2 Å². The second kappa shape index (κ2) is 7.14. The van der Waals surface area contributed by atoms with Crippen LogP contribution in [0.4, 0.5) is 4.39 Å². The number of fused-ring (bicyclic) bond motifs is 2. The molecule has 3 unspecified atom stereocenters. The summed E-state index contributed by atoms with van der Waals surface area (Å²) in [5.41, 5.74) is 0.161. The van der Waals surface area contributed by atoms with E-state index in [4.69, 9.17) is 4.74 Å². The summed E-state index contributed by atoms with van der Waals surface area (Å²) in [6, 6.07) is 8.74. The predicted octanol–water partition coefficient (Wildman–Crippen LogP) is 2.33. The number of benzene rings is 1. The van der Waals surface area contributed by atoms with E-state index in [1.165, 1.54) is 12.1 Å². The number of hydrogen-bond donors (Lipinski definition) is 2. The SMILES string of the molecule is O=C(NS(=O)(=O)C(F)(OCC1CC2CCC(C1)N2)C1CC1)c1ccccc1. The highest BCUT2D eigenvalue weighted by molar-refractivity contribution is 7.91. The minimum Gasteiger partial charge on any atom is -0.332 e. The van der Waals surface area contributed by atoms with Crippen LogP contribution in [0.15, 0.2) is 30.3 Å². The Bertz CT molecular complexity index is 787. The van der Waals surface area contributed by atoms with E-state index in [1.807, 2.05) is 4.72 Å². The minimum atomic E-state index is -4.62. The molecule has 3 fully saturated rings. The molecule has 2 N–H and O–H groups in total. The maximum absolute atomic E-state index is 15.6. The molecular weight excluding hydrogens is 371 g/mol. The van der Waals surface area contributed by atoms with E-state index in [0.717, 1.165) is 25.7 Å². The second-order valence-corrected chi connectivity index (χ2v) is 9.71. The molecule has 1 aromatic rings. The van der Waals surface area contributed by atoms with Gasteiger partial charge in [-0.25, -0.2) is 13.1 Å². The van der Waals surface area contributed by atoms with E-state index in [9.17, 15) is 13.2 Å². The molecule has 1 saturated carbocycles. The monoisotopic (exact) mass is 396 g/mol. The number of piperidine rings is 1. The lowest BCUT2D eigenvalue weighted by molar-refractivity contribution is -0.108. The van der Waals surface area contributed by atoms with E-state index in [2.05, 4.69) is 5.32 Å². The number of carbonyl (C=O) groups excluding carboxylic acids is 1. The highest BCUT2D eigenvalue weighted by atomic mass is 32.2. The van der Waals surface area contributed by atoms with Gasteiger partial charge in [-0.05, 0) is 56.6 Å². The molecule has 4 rings (SSSR count). The maximum atomic E-state index is 15.6. The third kappa shape index (κ3) is 3.88. The van der Waals surface area contributed by atoms with Gasteiger partial charge in [0.15, 0.2) is 0 Å². The molecule has 2 bridgehead atoms. The summed E-state index contributed by atoms with van der Waals surface area (Å²) in [7, 11) is -4.62. The summed E-state index contributed by atoms with van der Waals surface area (Å²) in [5, 5.41) is 0.643. The molecule has 2 aliphatic heterocycles. The summed E-state index contributed by atoms with van der Waals surface area (Å²) in [6.45, 7) is 0.0577. The molecule has 2 saturated heterocycles. The van der Waals surface area contributed by atoms with Crippen molar-refractivity contribution in [3.8, 4) is 0 Å². The Balaban J connectivity index is 1.44. The van der Waals surface area contributed by atoms with Crippen molar-refractivity contribution in [2.24, 2.45) is 11.8 Å². The van der Waals surface area contributed by atoms with Crippen LogP contribution >= 0.6 is 0 Å². The third-order valence-electron chi connectivity index (χ3n) is 5.78. The zero-order valence-electron chi connectivity index (χ0n) is 15.1. The summed E-state index contributed by atoms with van der Waals surface area (Å²) in [6.07, 6.45) is 4.83. The molecule has 3 aliphatic rings. The van der Waals surface area contributed by atoms with Gasteiger partial charge in [-0.15, -0.1) is 0 Å². The Morgan fingerprint density at radius 1 is 1.15 bits per heavy atom. The fourth-order valence-corrected chi connectivity index (χ4v) is 5.62. The number of alkyl halides is 1. The van der Waals surface area contributed by atoms with Crippen LogP contribution in [-0.4, -0.2) is 38.2 Å². The van der Waals surface area contributed by atoms with Crippen molar-refractivity contribution in [2.45, 2.75) is 55.8 Å². The average molecular weight is 396 g/mol. The number of ether oxygens (including phenoxy) is 1. The van der Waals surface area contributed by atoms with E-state index in [1.54, 1.807) is 18.2 Å². The topological polar surface area (TPSA) is 84.5 Å². The molecule has 0 spiro atoms. The molecule has 6 nitrogen and oxygen atoms in total. The second-order valence-electron chi connectivity index (χ2n) is 7.94. The van der Waals surface area contributed by atoms with Gasteiger partial charge in [0, 0.05) is 23.6 Å². The Morgan fingerprint density at radius 3 is 2.37 bits per heavy atom. The number of rotatable bonds is 7. The van der Waals surface area contributed by atoms with Crippen LogP contribution in [0.1, 0.15) is 48.9 Å². The minimum absolute atomic E-state index is 0.0577. The van der Waals surface area contributed by atoms with Gasteiger partial charge < -0.3 is 10.1 Å². The van der Waals surface area contributed by atoms with E-state index >= 15 is 4.39 Å². The third-order valence-corrected chi connectivity index (χ3v) is 7.42. The van der Waals surface area contributed by atoms with Gasteiger partial charge in [0.1, 0.15) is 0 Å². The van der Waals surface area contributed by atoms with E-state index < -0.39 is 27.0 Å². The van der Waals surface area contributed by atoms with Crippen LogP contribution in [0.3, 0.4) is 0 Å². The standard InChI is InChI=1S/C19H25FN2O4S/c20-19(15-6-7-15,26-12-13-10-16-8-9-17(11-13)21-16)27(24,25)22-18(23)14-4-2-1-3-5-14/h1-5,13,15-17,21H,6-12H2,(H,22,23). The molecule has 3 atom stereocenters. The van der Waals surface area contributed by atoms with Crippen LogP contribution in [0.2, 0.25) is 0 Å². The Hall–Kier alpha value is -1.51. The number of hydrogen-bond acceptors (Lipinski definition) is 5. The smallest absolute Gasteiger partial charge is 0.332 e. The molecule has 1 aliphatic carbocycles. The first-order chi connectivity index (χ1) is 12.9. The van der Waals surface area contributed by atoms with Crippen molar-refractivity contribution in [2.75, 3.05) is 6.61 Å². The van der Waals surface area contributed by atoms with Crippen molar-refractivity contribution >= 4 is 15.9 Å². The number of nitrogens with one attached hydrogen (secondary N) is 2. The maximum Gasteiger partial charge on any atom is 0.333 e. The zero-order valence-corrected chi connectivity index (χ0v) is 15.9. The highest BCUT2D eigenvalue weighted by Gasteiger charge is 2.58. The van der Waals surface area contributed by atoms with Crippen LogP contribution in [0.25, 0.3) is 0 Å². The quantitative estimate of drug-likeness (QED) is 0.739. The number of halogens is 1. The first-order valence-corrected chi connectivity index (χ1v) is 11.1. The number of amides is 1. The number of carbonyl (C=O) groups is 1. The molecular formula is C19H25FN2O4S. The summed E-state index contributed by atoms with van der Waals surface area (Å²) in [5.74, 6) is -1.43. The van der Waals surface area contributed by atoms with Gasteiger partial charge in [0.2, 0.25) is 0 Å². The van der Waals surface area contributed by atoms with Crippen LogP contribution in [0.5, 0.6) is 0 Å². The fourth-order valence-electron chi connectivity index (χ4n) is 4.23. The van der Waals surface area contributed by atoms with Crippen molar-refractivity contribution in [3.63, 3.8) is 0 Å². The van der Waals surface area contributed by atoms with E-state index in [0.29, 0.717) is 24.9 Å². The molecule has 8 heteroatoms. The largest absolute Gasteiger partial charge is 0.333 e. The van der Waals surface area contributed by atoms with Gasteiger partial charge in [0.25, 0.3) is 15.9 Å². The van der Waals surface area contributed by atoms with Gasteiger partial charge in [-0.3, -0.25) is 4.79 Å². The zero-order chi connectivity index (χ0) is 19.1. The Labute approximate surface area is 158 Å². The van der Waals surface area contributed by atoms with Crippen LogP contribution in [-0.2, 0) is 14.8 Å². The molecule has 0 radical (unpaired) electrons. The summed E-state index contributed by atoms with van der Waals surface area (Å²) < 4.78 is 48.2. The summed E-state index contributed by atoms with van der Waals surface area (Å²) in [4.78, 5) is 12.2. The predicted molar refractivity (Wildman–Crippen MR) is 98.0 cm³/mol. The molecule has 1 aromatic carbocycles. The lowest BCUT2D eigenvalue weighted by Gasteiger charge is -2.32. The van der Waals surface area contributed by atoms with Crippen molar-refractivity contribution in [3.05, 3.63) is 35.9 Å². The highest BCUT2D eigenvalue weighted by Crippen LogP contribution is 2.46. The first-order valence-electron chi connectivity index (χ1n) is 9.58. The lowest BCUT2D eigenvalue weighted by Crippen LogP contribution is -2.50. The fraction of sp³-hybridized carbons (Fsp3) is 0.632. The number of sulfonamides is 1. The molecule has 0 aromatic heterocycles.